The van der Waals surface area contributed by atoms with Crippen molar-refractivity contribution in [3.63, 3.8) is 0 Å². The second-order valence-corrected chi connectivity index (χ2v) is 7.86. The number of carbonyl (C=O) groups excluding carboxylic acids is 1. The topological polar surface area (TPSA) is 113 Å². The molecule has 0 bridgehead atoms. The summed E-state index contributed by atoms with van der Waals surface area (Å²) in [6.45, 7) is 8.10. The number of nitrogens with one attached hydrogen (secondary N) is 1. The van der Waals surface area contributed by atoms with E-state index in [9.17, 15) is 4.79 Å². The van der Waals surface area contributed by atoms with Crippen LogP contribution in [0.1, 0.15) is 25.2 Å². The van der Waals surface area contributed by atoms with Crippen molar-refractivity contribution < 1.29 is 9.53 Å². The molecule has 1 amide bonds. The van der Waals surface area contributed by atoms with Crippen molar-refractivity contribution in [3.05, 3.63) is 35.7 Å². The zero-order chi connectivity index (χ0) is 21.1. The van der Waals surface area contributed by atoms with Gasteiger partial charge in [-0.15, -0.1) is 10.2 Å². The molecule has 29 heavy (non-hydrogen) atoms. The predicted octanol–water partition coefficient (Wildman–Crippen LogP) is 2.53. The molecule has 0 fully saturated rings. The molecule has 0 aliphatic heterocycles. The molecule has 0 saturated heterocycles. The Morgan fingerprint density at radius 1 is 1.28 bits per heavy atom. The molecule has 1 unspecified atom stereocenters. The van der Waals surface area contributed by atoms with Gasteiger partial charge in [0, 0.05) is 12.6 Å². The summed E-state index contributed by atoms with van der Waals surface area (Å²) < 4.78 is 8.58. The van der Waals surface area contributed by atoms with Crippen molar-refractivity contribution in [2.45, 2.75) is 38.1 Å². The van der Waals surface area contributed by atoms with E-state index in [4.69, 9.17) is 10.6 Å². The number of nitrogen functional groups attached to an aromatic ring is 1. The molecule has 1 atom stereocenters. The number of nitrogens with zero attached hydrogens (tertiary/aromatic N) is 5. The van der Waals surface area contributed by atoms with Gasteiger partial charge in [-0.05, 0) is 52.0 Å². The SMILES string of the molecule is CCOc1ccc(-c2nnc(SC(C)C(=O)Nc3c(C)nn(C)c3C)n2N)cc1. The van der Waals surface area contributed by atoms with Gasteiger partial charge in [0.1, 0.15) is 5.75 Å². The van der Waals surface area contributed by atoms with Gasteiger partial charge < -0.3 is 15.9 Å². The fraction of sp³-hybridized carbons (Fsp3) is 0.368. The zero-order valence-electron chi connectivity index (χ0n) is 17.1. The van der Waals surface area contributed by atoms with E-state index >= 15 is 0 Å². The zero-order valence-corrected chi connectivity index (χ0v) is 17.9. The Balaban J connectivity index is 1.71. The Kier molecular flexibility index (Phi) is 6.12. The maximum absolute atomic E-state index is 12.6. The largest absolute Gasteiger partial charge is 0.494 e. The molecule has 0 aliphatic carbocycles. The fourth-order valence-corrected chi connectivity index (χ4v) is 3.58. The number of rotatable bonds is 7. The van der Waals surface area contributed by atoms with Gasteiger partial charge >= 0.3 is 0 Å². The molecule has 0 spiro atoms. The molecule has 3 aromatic rings. The third kappa shape index (κ3) is 4.37. The molecule has 0 aliphatic rings. The Hall–Kier alpha value is -3.01. The molecule has 2 heterocycles. The number of benzene rings is 1. The molecule has 2 aromatic heterocycles. The van der Waals surface area contributed by atoms with Crippen LogP contribution in [0.2, 0.25) is 0 Å². The summed E-state index contributed by atoms with van der Waals surface area (Å²) >= 11 is 1.24. The van der Waals surface area contributed by atoms with E-state index in [0.717, 1.165) is 28.4 Å². The minimum absolute atomic E-state index is 0.153. The quantitative estimate of drug-likeness (QED) is 0.450. The maximum Gasteiger partial charge on any atom is 0.237 e. The molecule has 154 valence electrons. The highest BCUT2D eigenvalue weighted by molar-refractivity contribution is 8.00. The Morgan fingerprint density at radius 2 is 1.97 bits per heavy atom. The summed E-state index contributed by atoms with van der Waals surface area (Å²) in [4.78, 5) is 12.6. The van der Waals surface area contributed by atoms with Crippen LogP contribution in [0.5, 0.6) is 5.75 Å². The number of amides is 1. The average Bonchev–Trinajstić information content (AvgIpc) is 3.17. The molecular formula is C19H25N7O2S. The molecular weight excluding hydrogens is 390 g/mol. The number of thioether (sulfide) groups is 1. The van der Waals surface area contributed by atoms with E-state index in [0.29, 0.717) is 17.6 Å². The molecule has 10 heteroatoms. The van der Waals surface area contributed by atoms with Crippen molar-refractivity contribution in [3.8, 4) is 17.1 Å². The van der Waals surface area contributed by atoms with Crippen LogP contribution in [0.15, 0.2) is 29.4 Å². The minimum Gasteiger partial charge on any atom is -0.494 e. The first-order valence-electron chi connectivity index (χ1n) is 9.23. The van der Waals surface area contributed by atoms with E-state index in [-0.39, 0.29) is 5.91 Å². The Bertz CT molecular complexity index is 1010. The number of ether oxygens (including phenoxy) is 1. The van der Waals surface area contributed by atoms with Gasteiger partial charge in [0.25, 0.3) is 0 Å². The highest BCUT2D eigenvalue weighted by Gasteiger charge is 2.22. The molecule has 0 saturated carbocycles. The second-order valence-electron chi connectivity index (χ2n) is 6.55. The van der Waals surface area contributed by atoms with Crippen molar-refractivity contribution in [1.29, 1.82) is 0 Å². The summed E-state index contributed by atoms with van der Waals surface area (Å²) in [5.41, 5.74) is 3.21. The standard InChI is InChI=1S/C19H25N7O2S/c1-6-28-15-9-7-14(8-10-15)17-22-23-19(26(17)20)29-13(4)18(27)21-16-11(2)24-25(5)12(16)3/h7-10,13H,6,20H2,1-5H3,(H,21,27). The fourth-order valence-electron chi connectivity index (χ4n) is 2.81. The first-order valence-corrected chi connectivity index (χ1v) is 10.1. The van der Waals surface area contributed by atoms with Crippen LogP contribution in [0.3, 0.4) is 0 Å². The monoisotopic (exact) mass is 415 g/mol. The number of anilines is 1. The third-order valence-corrected chi connectivity index (χ3v) is 5.55. The highest BCUT2D eigenvalue weighted by Crippen LogP contribution is 2.27. The first kappa shape index (κ1) is 20.7. The predicted molar refractivity (Wildman–Crippen MR) is 113 cm³/mol. The summed E-state index contributed by atoms with van der Waals surface area (Å²) in [5, 5.41) is 15.6. The first-order chi connectivity index (χ1) is 13.8. The highest BCUT2D eigenvalue weighted by atomic mass is 32.2. The van der Waals surface area contributed by atoms with E-state index in [2.05, 4.69) is 20.6 Å². The van der Waals surface area contributed by atoms with E-state index < -0.39 is 5.25 Å². The number of hydrogen-bond donors (Lipinski definition) is 2. The van der Waals surface area contributed by atoms with E-state index in [1.165, 1.54) is 16.4 Å². The Morgan fingerprint density at radius 3 is 2.55 bits per heavy atom. The molecule has 3 rings (SSSR count). The summed E-state index contributed by atoms with van der Waals surface area (Å²) in [6, 6.07) is 7.46. The van der Waals surface area contributed by atoms with Gasteiger partial charge in [-0.2, -0.15) is 5.10 Å². The normalized spacial score (nSPS) is 12.0. The molecule has 9 nitrogen and oxygen atoms in total. The van der Waals surface area contributed by atoms with Gasteiger partial charge in [0.05, 0.1) is 28.9 Å². The molecule has 0 radical (unpaired) electrons. The van der Waals surface area contributed by atoms with Crippen LogP contribution < -0.4 is 15.9 Å². The van der Waals surface area contributed by atoms with Gasteiger partial charge in [-0.3, -0.25) is 9.48 Å². The summed E-state index contributed by atoms with van der Waals surface area (Å²) in [6.07, 6.45) is 0. The number of aromatic nitrogens is 5. The van der Waals surface area contributed by atoms with Crippen LogP contribution in [0, 0.1) is 13.8 Å². The van der Waals surface area contributed by atoms with E-state index in [1.54, 1.807) is 11.6 Å². The van der Waals surface area contributed by atoms with Crippen LogP contribution in [-0.4, -0.2) is 42.4 Å². The van der Waals surface area contributed by atoms with Crippen molar-refractivity contribution in [1.82, 2.24) is 24.7 Å². The smallest absolute Gasteiger partial charge is 0.237 e. The molecule has 3 N–H and O–H groups in total. The lowest BCUT2D eigenvalue weighted by Gasteiger charge is -2.12. The lowest BCUT2D eigenvalue weighted by Crippen LogP contribution is -2.24. The van der Waals surface area contributed by atoms with Crippen LogP contribution in [0.25, 0.3) is 11.4 Å². The van der Waals surface area contributed by atoms with Crippen molar-refractivity contribution in [2.75, 3.05) is 17.8 Å². The van der Waals surface area contributed by atoms with Gasteiger partial charge in [-0.25, -0.2) is 4.68 Å². The van der Waals surface area contributed by atoms with E-state index in [1.807, 2.05) is 52.1 Å². The van der Waals surface area contributed by atoms with Crippen LogP contribution in [-0.2, 0) is 11.8 Å². The summed E-state index contributed by atoms with van der Waals surface area (Å²) in [5.74, 6) is 7.32. The van der Waals surface area contributed by atoms with Gasteiger partial charge in [-0.1, -0.05) is 11.8 Å². The summed E-state index contributed by atoms with van der Waals surface area (Å²) in [7, 11) is 1.84. The number of carbonyl (C=O) groups is 1. The lowest BCUT2D eigenvalue weighted by atomic mass is 10.2. The second kappa shape index (κ2) is 8.56. The average molecular weight is 416 g/mol. The number of aryl methyl sites for hydroxylation is 2. The van der Waals surface area contributed by atoms with Gasteiger partial charge in [0.15, 0.2) is 5.82 Å². The van der Waals surface area contributed by atoms with Crippen LogP contribution in [0.4, 0.5) is 5.69 Å². The number of hydrogen-bond acceptors (Lipinski definition) is 7. The minimum atomic E-state index is -0.423. The van der Waals surface area contributed by atoms with Gasteiger partial charge in [0.2, 0.25) is 11.1 Å². The van der Waals surface area contributed by atoms with Crippen molar-refractivity contribution >= 4 is 23.4 Å². The van der Waals surface area contributed by atoms with Crippen LogP contribution >= 0.6 is 11.8 Å². The lowest BCUT2D eigenvalue weighted by molar-refractivity contribution is -0.115. The third-order valence-electron chi connectivity index (χ3n) is 4.50. The van der Waals surface area contributed by atoms with Crippen molar-refractivity contribution in [2.24, 2.45) is 7.05 Å². The maximum atomic E-state index is 12.6. The number of nitrogens with two attached hydrogens (primary N) is 1. The molecule has 1 aromatic carbocycles. The Labute approximate surface area is 173 Å².